The van der Waals surface area contributed by atoms with E-state index in [1.54, 1.807) is 13.0 Å². The van der Waals surface area contributed by atoms with Crippen LogP contribution in [0.25, 0.3) is 0 Å². The van der Waals surface area contributed by atoms with Crippen molar-refractivity contribution in [2.45, 2.75) is 25.9 Å². The smallest absolute Gasteiger partial charge is 0.160 e. The van der Waals surface area contributed by atoms with Crippen molar-refractivity contribution in [3.8, 4) is 0 Å². The van der Waals surface area contributed by atoms with Gasteiger partial charge in [-0.25, -0.2) is 0 Å². The number of carbonyl (C=O) groups is 1. The first kappa shape index (κ1) is 12.3. The van der Waals surface area contributed by atoms with Gasteiger partial charge in [-0.1, -0.05) is 24.3 Å². The fourth-order valence-corrected chi connectivity index (χ4v) is 2.59. The molecule has 2 N–H and O–H groups in total. The van der Waals surface area contributed by atoms with Crippen molar-refractivity contribution in [1.29, 1.82) is 0 Å². The second-order valence-electron chi connectivity index (χ2n) is 4.94. The SMILES string of the molecule is CC(=O)c1ccccc1C(C)(O)C1CCNC1. The minimum absolute atomic E-state index is 0.00633. The highest BCUT2D eigenvalue weighted by atomic mass is 16.3. The van der Waals surface area contributed by atoms with Crippen molar-refractivity contribution in [2.75, 3.05) is 13.1 Å². The predicted octanol–water partition coefficient (Wildman–Crippen LogP) is 1.71. The predicted molar refractivity (Wildman–Crippen MR) is 67.0 cm³/mol. The normalized spacial score (nSPS) is 23.4. The van der Waals surface area contributed by atoms with E-state index >= 15 is 0 Å². The Hall–Kier alpha value is -1.19. The molecule has 0 radical (unpaired) electrons. The highest BCUT2D eigenvalue weighted by Crippen LogP contribution is 2.35. The maximum Gasteiger partial charge on any atom is 0.160 e. The molecule has 0 aromatic heterocycles. The number of hydrogen-bond donors (Lipinski definition) is 2. The summed E-state index contributed by atoms with van der Waals surface area (Å²) in [5.41, 5.74) is 0.441. The second kappa shape index (κ2) is 4.59. The molecule has 1 aliphatic rings. The molecule has 3 nitrogen and oxygen atoms in total. The number of Topliss-reactive ketones (excluding diaryl/α,β-unsaturated/α-hetero) is 1. The summed E-state index contributed by atoms with van der Waals surface area (Å²) in [5.74, 6) is 0.176. The fraction of sp³-hybridized carbons (Fsp3) is 0.500. The zero-order valence-corrected chi connectivity index (χ0v) is 10.4. The Labute approximate surface area is 102 Å². The quantitative estimate of drug-likeness (QED) is 0.781. The van der Waals surface area contributed by atoms with E-state index < -0.39 is 5.60 Å². The maximum absolute atomic E-state index is 11.6. The number of rotatable bonds is 3. The van der Waals surface area contributed by atoms with Crippen LogP contribution in [0.1, 0.15) is 36.2 Å². The summed E-state index contributed by atoms with van der Waals surface area (Å²) in [7, 11) is 0. The van der Waals surface area contributed by atoms with Crippen LogP contribution in [0.15, 0.2) is 24.3 Å². The first-order chi connectivity index (χ1) is 8.03. The van der Waals surface area contributed by atoms with Crippen molar-refractivity contribution >= 4 is 5.78 Å². The van der Waals surface area contributed by atoms with Gasteiger partial charge in [0, 0.05) is 18.0 Å². The van der Waals surface area contributed by atoms with Gasteiger partial charge in [0.25, 0.3) is 0 Å². The Morgan fingerprint density at radius 2 is 2.18 bits per heavy atom. The largest absolute Gasteiger partial charge is 0.385 e. The highest BCUT2D eigenvalue weighted by Gasteiger charge is 2.37. The molecule has 1 aliphatic heterocycles. The number of ketones is 1. The Morgan fingerprint density at radius 1 is 1.47 bits per heavy atom. The van der Waals surface area contributed by atoms with Crippen LogP contribution in [0.3, 0.4) is 0 Å². The minimum Gasteiger partial charge on any atom is -0.385 e. The monoisotopic (exact) mass is 233 g/mol. The number of aliphatic hydroxyl groups is 1. The van der Waals surface area contributed by atoms with Crippen LogP contribution in [0, 0.1) is 5.92 Å². The van der Waals surface area contributed by atoms with Crippen LogP contribution >= 0.6 is 0 Å². The molecule has 0 saturated carbocycles. The van der Waals surface area contributed by atoms with E-state index in [4.69, 9.17) is 0 Å². The lowest BCUT2D eigenvalue weighted by Gasteiger charge is -2.31. The van der Waals surface area contributed by atoms with E-state index in [0.717, 1.165) is 25.1 Å². The molecule has 0 bridgehead atoms. The van der Waals surface area contributed by atoms with E-state index in [1.807, 2.05) is 25.1 Å². The van der Waals surface area contributed by atoms with Crippen molar-refractivity contribution in [3.05, 3.63) is 35.4 Å². The van der Waals surface area contributed by atoms with Crippen LogP contribution in [-0.2, 0) is 5.60 Å². The molecule has 1 saturated heterocycles. The highest BCUT2D eigenvalue weighted by molar-refractivity contribution is 5.95. The summed E-state index contributed by atoms with van der Waals surface area (Å²) in [5, 5.41) is 14.0. The molecule has 1 aromatic carbocycles. The molecule has 0 spiro atoms. The lowest BCUT2D eigenvalue weighted by molar-refractivity contribution is 0.00146. The number of benzene rings is 1. The van der Waals surface area contributed by atoms with Gasteiger partial charge in [-0.3, -0.25) is 4.79 Å². The van der Waals surface area contributed by atoms with Gasteiger partial charge in [-0.15, -0.1) is 0 Å². The maximum atomic E-state index is 11.6. The lowest BCUT2D eigenvalue weighted by Crippen LogP contribution is -2.34. The Kier molecular flexibility index (Phi) is 3.31. The van der Waals surface area contributed by atoms with Gasteiger partial charge in [0.05, 0.1) is 5.60 Å². The number of nitrogens with one attached hydrogen (secondary N) is 1. The average Bonchev–Trinajstić information content (AvgIpc) is 2.83. The fourth-order valence-electron chi connectivity index (χ4n) is 2.59. The summed E-state index contributed by atoms with van der Waals surface area (Å²) in [6.07, 6.45) is 0.944. The van der Waals surface area contributed by atoms with Crippen LogP contribution < -0.4 is 5.32 Å². The van der Waals surface area contributed by atoms with E-state index in [-0.39, 0.29) is 11.7 Å². The molecule has 3 heteroatoms. The molecule has 0 amide bonds. The topological polar surface area (TPSA) is 49.3 Å². The standard InChI is InChI=1S/C14H19NO2/c1-10(16)12-5-3-4-6-13(12)14(2,17)11-7-8-15-9-11/h3-6,11,15,17H,7-9H2,1-2H3. The van der Waals surface area contributed by atoms with Crippen molar-refractivity contribution in [3.63, 3.8) is 0 Å². The van der Waals surface area contributed by atoms with Gasteiger partial charge < -0.3 is 10.4 Å². The third-order valence-electron chi connectivity index (χ3n) is 3.71. The summed E-state index contributed by atoms with van der Waals surface area (Å²) in [6, 6.07) is 7.35. The van der Waals surface area contributed by atoms with Gasteiger partial charge in [-0.2, -0.15) is 0 Å². The van der Waals surface area contributed by atoms with Gasteiger partial charge in [0.15, 0.2) is 5.78 Å². The molecule has 92 valence electrons. The molecule has 17 heavy (non-hydrogen) atoms. The number of hydrogen-bond acceptors (Lipinski definition) is 3. The summed E-state index contributed by atoms with van der Waals surface area (Å²) >= 11 is 0. The molecule has 1 heterocycles. The molecule has 1 aromatic rings. The third kappa shape index (κ3) is 2.26. The van der Waals surface area contributed by atoms with Gasteiger partial charge >= 0.3 is 0 Å². The summed E-state index contributed by atoms with van der Waals surface area (Å²) in [4.78, 5) is 11.6. The molecule has 0 aliphatic carbocycles. The molecule has 2 rings (SSSR count). The Bertz CT molecular complexity index is 420. The summed E-state index contributed by atoms with van der Waals surface area (Å²) in [6.45, 7) is 5.09. The number of carbonyl (C=O) groups excluding carboxylic acids is 1. The zero-order chi connectivity index (χ0) is 12.5. The van der Waals surface area contributed by atoms with E-state index in [0.29, 0.717) is 5.56 Å². The molecule has 1 fully saturated rings. The Morgan fingerprint density at radius 3 is 2.76 bits per heavy atom. The second-order valence-corrected chi connectivity index (χ2v) is 4.94. The Balaban J connectivity index is 2.41. The van der Waals surface area contributed by atoms with E-state index in [9.17, 15) is 9.90 Å². The van der Waals surface area contributed by atoms with Gasteiger partial charge in [0.2, 0.25) is 0 Å². The zero-order valence-electron chi connectivity index (χ0n) is 10.4. The minimum atomic E-state index is -0.939. The molecular weight excluding hydrogens is 214 g/mol. The first-order valence-electron chi connectivity index (χ1n) is 6.07. The van der Waals surface area contributed by atoms with Gasteiger partial charge in [0.1, 0.15) is 0 Å². The first-order valence-corrected chi connectivity index (χ1v) is 6.07. The lowest BCUT2D eigenvalue weighted by atomic mass is 9.79. The van der Waals surface area contributed by atoms with E-state index in [2.05, 4.69) is 5.32 Å². The van der Waals surface area contributed by atoms with Crippen LogP contribution in [0.4, 0.5) is 0 Å². The van der Waals surface area contributed by atoms with Crippen molar-refractivity contribution < 1.29 is 9.90 Å². The van der Waals surface area contributed by atoms with Crippen molar-refractivity contribution in [2.24, 2.45) is 5.92 Å². The summed E-state index contributed by atoms with van der Waals surface area (Å²) < 4.78 is 0. The average molecular weight is 233 g/mol. The van der Waals surface area contributed by atoms with E-state index in [1.165, 1.54) is 0 Å². The van der Waals surface area contributed by atoms with Crippen LogP contribution in [0.5, 0.6) is 0 Å². The third-order valence-corrected chi connectivity index (χ3v) is 3.71. The molecular formula is C14H19NO2. The van der Waals surface area contributed by atoms with Crippen LogP contribution in [-0.4, -0.2) is 24.0 Å². The van der Waals surface area contributed by atoms with Gasteiger partial charge in [-0.05, 0) is 32.4 Å². The van der Waals surface area contributed by atoms with Crippen molar-refractivity contribution in [1.82, 2.24) is 5.32 Å². The molecule has 2 atom stereocenters. The molecule has 2 unspecified atom stereocenters. The van der Waals surface area contributed by atoms with Crippen LogP contribution in [0.2, 0.25) is 0 Å².